The zero-order valence-electron chi connectivity index (χ0n) is 14.7. The Morgan fingerprint density at radius 1 is 1.12 bits per heavy atom. The first-order valence-corrected chi connectivity index (χ1v) is 9.42. The predicted octanol–water partition coefficient (Wildman–Crippen LogP) is 2.84. The number of hydrogen-bond donors (Lipinski definition) is 1. The van der Waals surface area contributed by atoms with Crippen LogP contribution in [0.25, 0.3) is 11.5 Å². The summed E-state index contributed by atoms with van der Waals surface area (Å²) in [5.74, 6) is 1.03. The van der Waals surface area contributed by atoms with Gasteiger partial charge >= 0.3 is 0 Å². The fraction of sp³-hybridized carbons (Fsp3) is 0.222. The van der Waals surface area contributed by atoms with Crippen molar-refractivity contribution in [2.75, 3.05) is 7.11 Å². The number of hydrogen-bond acceptors (Lipinski definition) is 6. The highest BCUT2D eigenvalue weighted by Crippen LogP contribution is 2.28. The Morgan fingerprint density at radius 3 is 2.65 bits per heavy atom. The highest BCUT2D eigenvalue weighted by atomic mass is 32.2. The summed E-state index contributed by atoms with van der Waals surface area (Å²) >= 11 is 0. The van der Waals surface area contributed by atoms with Crippen LogP contribution in [0.5, 0.6) is 5.75 Å². The van der Waals surface area contributed by atoms with E-state index in [2.05, 4.69) is 14.9 Å². The van der Waals surface area contributed by atoms with Crippen LogP contribution in [0.3, 0.4) is 0 Å². The molecule has 0 saturated heterocycles. The fourth-order valence-electron chi connectivity index (χ4n) is 2.49. The molecule has 136 valence electrons. The van der Waals surface area contributed by atoms with Crippen LogP contribution in [-0.2, 0) is 16.6 Å². The topological polar surface area (TPSA) is 94.3 Å². The number of sulfonamides is 1. The standard InChI is InChI=1S/C18H19N3O4S/c1-12-8-9-13(2)16(10-12)26(22,23)19-11-17-20-21-18(25-17)14-6-4-5-7-15(14)24-3/h4-10,19H,11H2,1-3H3. The Kier molecular flexibility index (Phi) is 5.06. The lowest BCUT2D eigenvalue weighted by molar-refractivity contribution is 0.413. The molecule has 8 heteroatoms. The Bertz CT molecular complexity index is 1030. The van der Waals surface area contributed by atoms with Crippen molar-refractivity contribution < 1.29 is 17.6 Å². The summed E-state index contributed by atoms with van der Waals surface area (Å²) in [5, 5.41) is 7.87. The van der Waals surface area contributed by atoms with E-state index >= 15 is 0 Å². The molecular formula is C18H19N3O4S. The van der Waals surface area contributed by atoms with Crippen molar-refractivity contribution in [3.63, 3.8) is 0 Å². The van der Waals surface area contributed by atoms with Crippen molar-refractivity contribution >= 4 is 10.0 Å². The molecule has 2 aromatic carbocycles. The smallest absolute Gasteiger partial charge is 0.251 e. The summed E-state index contributed by atoms with van der Waals surface area (Å²) in [5.41, 5.74) is 2.18. The molecule has 0 spiro atoms. The number of aryl methyl sites for hydroxylation is 2. The van der Waals surface area contributed by atoms with Crippen LogP contribution in [0.2, 0.25) is 0 Å². The lowest BCUT2D eigenvalue weighted by atomic mass is 10.2. The van der Waals surface area contributed by atoms with Crippen LogP contribution < -0.4 is 9.46 Å². The first-order valence-electron chi connectivity index (χ1n) is 7.93. The third-order valence-electron chi connectivity index (χ3n) is 3.85. The van der Waals surface area contributed by atoms with Crippen molar-refractivity contribution in [1.82, 2.24) is 14.9 Å². The van der Waals surface area contributed by atoms with E-state index in [0.717, 1.165) is 5.56 Å². The van der Waals surface area contributed by atoms with Crippen molar-refractivity contribution in [1.29, 1.82) is 0 Å². The van der Waals surface area contributed by atoms with Gasteiger partial charge in [0, 0.05) is 0 Å². The van der Waals surface area contributed by atoms with E-state index in [-0.39, 0.29) is 23.2 Å². The van der Waals surface area contributed by atoms with Gasteiger partial charge in [-0.05, 0) is 43.2 Å². The summed E-state index contributed by atoms with van der Waals surface area (Å²) in [6.07, 6.45) is 0. The molecule has 7 nitrogen and oxygen atoms in total. The lowest BCUT2D eigenvalue weighted by Crippen LogP contribution is -2.24. The first-order chi connectivity index (χ1) is 12.4. The molecule has 0 amide bonds. The Hall–Kier alpha value is -2.71. The molecule has 26 heavy (non-hydrogen) atoms. The average molecular weight is 373 g/mol. The van der Waals surface area contributed by atoms with Gasteiger partial charge < -0.3 is 9.15 Å². The summed E-state index contributed by atoms with van der Waals surface area (Å²) in [6, 6.07) is 12.5. The highest BCUT2D eigenvalue weighted by molar-refractivity contribution is 7.89. The zero-order chi connectivity index (χ0) is 18.7. The van der Waals surface area contributed by atoms with Gasteiger partial charge in [0.15, 0.2) is 0 Å². The van der Waals surface area contributed by atoms with Gasteiger partial charge in [-0.3, -0.25) is 0 Å². The van der Waals surface area contributed by atoms with Gasteiger partial charge in [-0.1, -0.05) is 24.3 Å². The first kappa shape index (κ1) is 18.1. The lowest BCUT2D eigenvalue weighted by Gasteiger charge is -2.08. The van der Waals surface area contributed by atoms with E-state index in [0.29, 0.717) is 16.9 Å². The quantitative estimate of drug-likeness (QED) is 0.714. The molecule has 1 heterocycles. The Morgan fingerprint density at radius 2 is 1.88 bits per heavy atom. The number of para-hydroxylation sites is 1. The minimum absolute atomic E-state index is 0.0993. The van der Waals surface area contributed by atoms with Gasteiger partial charge in [0.2, 0.25) is 15.9 Å². The highest BCUT2D eigenvalue weighted by Gasteiger charge is 2.19. The van der Waals surface area contributed by atoms with Gasteiger partial charge in [0.25, 0.3) is 5.89 Å². The molecule has 0 atom stereocenters. The molecule has 3 rings (SSSR count). The SMILES string of the molecule is COc1ccccc1-c1nnc(CNS(=O)(=O)c2cc(C)ccc2C)o1. The molecule has 1 aromatic heterocycles. The fourth-order valence-corrected chi connectivity index (χ4v) is 3.79. The van der Waals surface area contributed by atoms with E-state index in [1.807, 2.05) is 25.1 Å². The number of methoxy groups -OCH3 is 1. The molecule has 3 aromatic rings. The van der Waals surface area contributed by atoms with E-state index in [1.165, 1.54) is 0 Å². The van der Waals surface area contributed by atoms with Crippen molar-refractivity contribution in [2.24, 2.45) is 0 Å². The van der Waals surface area contributed by atoms with Gasteiger partial charge in [-0.25, -0.2) is 13.1 Å². The summed E-state index contributed by atoms with van der Waals surface area (Å²) < 4.78 is 38.4. The average Bonchev–Trinajstić information content (AvgIpc) is 3.11. The van der Waals surface area contributed by atoms with E-state index < -0.39 is 10.0 Å². The maximum Gasteiger partial charge on any atom is 0.251 e. The van der Waals surface area contributed by atoms with Gasteiger partial charge in [0.1, 0.15) is 5.75 Å². The molecule has 0 unspecified atom stereocenters. The molecular weight excluding hydrogens is 354 g/mol. The molecule has 0 aliphatic rings. The van der Waals surface area contributed by atoms with Crippen LogP contribution in [0.15, 0.2) is 51.8 Å². The molecule has 1 N–H and O–H groups in total. The second-order valence-corrected chi connectivity index (χ2v) is 7.53. The zero-order valence-corrected chi connectivity index (χ0v) is 15.5. The number of aromatic nitrogens is 2. The molecule has 0 aliphatic carbocycles. The minimum atomic E-state index is -3.68. The predicted molar refractivity (Wildman–Crippen MR) is 96.2 cm³/mol. The van der Waals surface area contributed by atoms with E-state index in [1.54, 1.807) is 38.3 Å². The molecule has 0 fully saturated rings. The third kappa shape index (κ3) is 3.76. The van der Waals surface area contributed by atoms with E-state index in [4.69, 9.17) is 9.15 Å². The van der Waals surface area contributed by atoms with Crippen molar-refractivity contribution in [2.45, 2.75) is 25.3 Å². The monoisotopic (exact) mass is 373 g/mol. The number of rotatable bonds is 6. The van der Waals surface area contributed by atoms with E-state index in [9.17, 15) is 8.42 Å². The molecule has 0 bridgehead atoms. The Labute approximate surface area is 152 Å². The largest absolute Gasteiger partial charge is 0.496 e. The summed E-state index contributed by atoms with van der Waals surface area (Å²) in [4.78, 5) is 0.238. The summed E-state index contributed by atoms with van der Waals surface area (Å²) in [6.45, 7) is 3.49. The van der Waals surface area contributed by atoms with Crippen LogP contribution in [0, 0.1) is 13.8 Å². The number of nitrogens with zero attached hydrogens (tertiary/aromatic N) is 2. The van der Waals surface area contributed by atoms with Crippen LogP contribution >= 0.6 is 0 Å². The van der Waals surface area contributed by atoms with Crippen molar-refractivity contribution in [3.05, 3.63) is 59.5 Å². The number of nitrogens with one attached hydrogen (secondary N) is 1. The van der Waals surface area contributed by atoms with Gasteiger partial charge in [-0.2, -0.15) is 0 Å². The number of benzene rings is 2. The number of ether oxygens (including phenoxy) is 1. The maximum atomic E-state index is 12.5. The van der Waals surface area contributed by atoms with Crippen LogP contribution in [0.1, 0.15) is 17.0 Å². The van der Waals surface area contributed by atoms with Gasteiger partial charge in [-0.15, -0.1) is 10.2 Å². The van der Waals surface area contributed by atoms with Crippen LogP contribution in [-0.4, -0.2) is 25.7 Å². The second-order valence-electron chi connectivity index (χ2n) is 5.79. The molecule has 0 saturated carbocycles. The normalized spacial score (nSPS) is 11.5. The third-order valence-corrected chi connectivity index (χ3v) is 5.39. The summed E-state index contributed by atoms with van der Waals surface area (Å²) in [7, 11) is -2.13. The molecule has 0 aliphatic heterocycles. The molecule has 0 radical (unpaired) electrons. The second kappa shape index (κ2) is 7.27. The van der Waals surface area contributed by atoms with Crippen molar-refractivity contribution in [3.8, 4) is 17.2 Å². The Balaban J connectivity index is 1.79. The van der Waals surface area contributed by atoms with Crippen LogP contribution in [0.4, 0.5) is 0 Å². The van der Waals surface area contributed by atoms with Gasteiger partial charge in [0.05, 0.1) is 24.1 Å². The minimum Gasteiger partial charge on any atom is -0.496 e. The maximum absolute atomic E-state index is 12.5.